The number of nitrogens with zero attached hydrogens (tertiary/aromatic N) is 1. The molecule has 1 saturated carbocycles. The Labute approximate surface area is 150 Å². The van der Waals surface area contributed by atoms with E-state index in [-0.39, 0.29) is 43.5 Å². The molecule has 3 rings (SSSR count). The molecular formula is C18H21FN2O5. The van der Waals surface area contributed by atoms with Crippen LogP contribution in [0.25, 0.3) is 0 Å². The first-order valence-electron chi connectivity index (χ1n) is 8.58. The fourth-order valence-corrected chi connectivity index (χ4v) is 3.40. The number of aliphatic hydroxyl groups excluding tert-OH is 1. The minimum atomic E-state index is -1.05. The van der Waals surface area contributed by atoms with Crippen molar-refractivity contribution in [1.29, 1.82) is 0 Å². The monoisotopic (exact) mass is 364 g/mol. The van der Waals surface area contributed by atoms with Crippen LogP contribution < -0.4 is 10.2 Å². The zero-order chi connectivity index (χ0) is 18.8. The molecule has 26 heavy (non-hydrogen) atoms. The number of carbonyl (C=O) groups excluding carboxylic acids is 3. The number of hydrogen-bond acceptors (Lipinski definition) is 5. The molecule has 1 heterocycles. The maximum Gasteiger partial charge on any atom is 0.414 e. The Morgan fingerprint density at radius 2 is 2.19 bits per heavy atom. The maximum atomic E-state index is 14.6. The highest BCUT2D eigenvalue weighted by molar-refractivity contribution is 5.90. The summed E-state index contributed by atoms with van der Waals surface area (Å²) in [5.74, 6) is -1.13. The first-order chi connectivity index (χ1) is 12.3. The minimum absolute atomic E-state index is 0.201. The van der Waals surface area contributed by atoms with Crippen LogP contribution >= 0.6 is 0 Å². The Balaban J connectivity index is 1.70. The first kappa shape index (κ1) is 18.3. The van der Waals surface area contributed by atoms with Gasteiger partial charge in [-0.15, -0.1) is 0 Å². The van der Waals surface area contributed by atoms with Crippen LogP contribution in [0.2, 0.25) is 0 Å². The summed E-state index contributed by atoms with van der Waals surface area (Å²) in [7, 11) is 0. The average molecular weight is 364 g/mol. The van der Waals surface area contributed by atoms with Gasteiger partial charge >= 0.3 is 6.09 Å². The van der Waals surface area contributed by atoms with Gasteiger partial charge in [0.2, 0.25) is 5.91 Å². The van der Waals surface area contributed by atoms with Crippen molar-refractivity contribution >= 4 is 23.5 Å². The van der Waals surface area contributed by atoms with Gasteiger partial charge in [-0.25, -0.2) is 9.18 Å². The standard InChI is InChI=1S/C18H21FN2O5/c1-10(22)20-8-13-9-21(18(25)26-13)12-3-4-14(15(19)7-12)11-2-5-16(23)17(24)6-11/h3-4,7,11,13,17,24H,2,5-6,8-9H2,1H3,(H,20,22)/t11-,13+,17+/m1/s1. The summed E-state index contributed by atoms with van der Waals surface area (Å²) in [6.07, 6.45) is -1.19. The predicted octanol–water partition coefficient (Wildman–Crippen LogP) is 1.48. The van der Waals surface area contributed by atoms with Crippen LogP contribution in [0.1, 0.15) is 37.7 Å². The van der Waals surface area contributed by atoms with Crippen molar-refractivity contribution in [3.05, 3.63) is 29.6 Å². The summed E-state index contributed by atoms with van der Waals surface area (Å²) in [4.78, 5) is 35.7. The summed E-state index contributed by atoms with van der Waals surface area (Å²) < 4.78 is 19.8. The van der Waals surface area contributed by atoms with Crippen molar-refractivity contribution in [2.24, 2.45) is 0 Å². The molecule has 0 bridgehead atoms. The molecule has 3 atom stereocenters. The highest BCUT2D eigenvalue weighted by atomic mass is 19.1. The van der Waals surface area contributed by atoms with E-state index in [1.54, 1.807) is 12.1 Å². The topological polar surface area (TPSA) is 95.9 Å². The number of benzene rings is 1. The number of nitrogens with one attached hydrogen (secondary N) is 1. The van der Waals surface area contributed by atoms with Crippen LogP contribution in [0, 0.1) is 5.82 Å². The smallest absolute Gasteiger partial charge is 0.414 e. The van der Waals surface area contributed by atoms with E-state index in [1.807, 2.05) is 0 Å². The molecule has 0 aromatic heterocycles. The summed E-state index contributed by atoms with van der Waals surface area (Å²) in [5, 5.41) is 12.3. The van der Waals surface area contributed by atoms with E-state index in [2.05, 4.69) is 5.32 Å². The summed E-state index contributed by atoms with van der Waals surface area (Å²) in [6.45, 7) is 1.79. The number of ketones is 1. The van der Waals surface area contributed by atoms with Crippen LogP contribution in [0.3, 0.4) is 0 Å². The van der Waals surface area contributed by atoms with E-state index < -0.39 is 24.1 Å². The number of carbonyl (C=O) groups is 3. The van der Waals surface area contributed by atoms with E-state index in [0.717, 1.165) is 0 Å². The number of rotatable bonds is 4. The predicted molar refractivity (Wildman–Crippen MR) is 90.3 cm³/mol. The molecule has 7 nitrogen and oxygen atoms in total. The van der Waals surface area contributed by atoms with Gasteiger partial charge in [-0.2, -0.15) is 0 Å². The Morgan fingerprint density at radius 3 is 2.85 bits per heavy atom. The molecule has 2 amide bonds. The van der Waals surface area contributed by atoms with Gasteiger partial charge in [-0.05, 0) is 36.5 Å². The normalized spacial score (nSPS) is 26.0. The highest BCUT2D eigenvalue weighted by Gasteiger charge is 2.34. The van der Waals surface area contributed by atoms with Gasteiger partial charge in [0, 0.05) is 13.3 Å². The number of Topliss-reactive ketones (excluding diaryl/α,β-unsaturated/α-hetero) is 1. The van der Waals surface area contributed by atoms with Crippen LogP contribution in [-0.2, 0) is 14.3 Å². The highest BCUT2D eigenvalue weighted by Crippen LogP contribution is 2.34. The van der Waals surface area contributed by atoms with Crippen LogP contribution in [0.15, 0.2) is 18.2 Å². The van der Waals surface area contributed by atoms with Gasteiger partial charge in [0.15, 0.2) is 5.78 Å². The summed E-state index contributed by atoms with van der Waals surface area (Å²) >= 11 is 0. The number of amides is 2. The van der Waals surface area contributed by atoms with Gasteiger partial charge in [0.05, 0.1) is 18.8 Å². The summed E-state index contributed by atoms with van der Waals surface area (Å²) in [5.41, 5.74) is 0.802. The fraction of sp³-hybridized carbons (Fsp3) is 0.500. The number of aliphatic hydroxyl groups is 1. The Bertz CT molecular complexity index is 738. The SMILES string of the molecule is CC(=O)NC[C@H]1CN(c2ccc([C@@H]3CCC(=O)[C@@H](O)C3)c(F)c2)C(=O)O1. The van der Waals surface area contributed by atoms with E-state index in [4.69, 9.17) is 4.74 Å². The van der Waals surface area contributed by atoms with Gasteiger partial charge in [-0.1, -0.05) is 6.07 Å². The molecule has 1 aromatic carbocycles. The quantitative estimate of drug-likeness (QED) is 0.844. The Hall–Kier alpha value is -2.48. The van der Waals surface area contributed by atoms with Crippen molar-refractivity contribution in [3.8, 4) is 0 Å². The van der Waals surface area contributed by atoms with Crippen molar-refractivity contribution in [2.45, 2.75) is 44.3 Å². The van der Waals surface area contributed by atoms with E-state index in [0.29, 0.717) is 17.7 Å². The first-order valence-corrected chi connectivity index (χ1v) is 8.58. The number of halogens is 1. The number of hydrogen-bond donors (Lipinski definition) is 2. The van der Waals surface area contributed by atoms with Gasteiger partial charge in [-0.3, -0.25) is 14.5 Å². The molecule has 0 unspecified atom stereocenters. The van der Waals surface area contributed by atoms with Crippen molar-refractivity contribution in [1.82, 2.24) is 5.32 Å². The van der Waals surface area contributed by atoms with Gasteiger partial charge in [0.25, 0.3) is 0 Å². The number of anilines is 1. The molecular weight excluding hydrogens is 343 g/mol. The second-order valence-electron chi connectivity index (χ2n) is 6.71. The van der Waals surface area contributed by atoms with Crippen LogP contribution in [0.4, 0.5) is 14.9 Å². The Morgan fingerprint density at radius 1 is 1.42 bits per heavy atom. The van der Waals surface area contributed by atoms with Crippen LogP contribution in [0.5, 0.6) is 0 Å². The lowest BCUT2D eigenvalue weighted by Gasteiger charge is -2.26. The third kappa shape index (κ3) is 3.85. The van der Waals surface area contributed by atoms with Gasteiger partial charge < -0.3 is 15.2 Å². The lowest BCUT2D eigenvalue weighted by molar-refractivity contribution is -0.129. The molecule has 1 aliphatic heterocycles. The second kappa shape index (κ2) is 7.41. The third-order valence-corrected chi connectivity index (χ3v) is 4.81. The largest absolute Gasteiger partial charge is 0.442 e. The van der Waals surface area contributed by atoms with Crippen molar-refractivity contribution in [2.75, 3.05) is 18.0 Å². The molecule has 2 fully saturated rings. The molecule has 2 N–H and O–H groups in total. The molecule has 0 radical (unpaired) electrons. The van der Waals surface area contributed by atoms with Crippen LogP contribution in [-0.4, -0.2) is 48.2 Å². The third-order valence-electron chi connectivity index (χ3n) is 4.81. The van der Waals surface area contributed by atoms with E-state index >= 15 is 0 Å². The molecule has 1 aromatic rings. The summed E-state index contributed by atoms with van der Waals surface area (Å²) in [6, 6.07) is 4.48. The molecule has 0 spiro atoms. The van der Waals surface area contributed by atoms with Crippen molar-refractivity contribution in [3.63, 3.8) is 0 Å². The van der Waals surface area contributed by atoms with E-state index in [1.165, 1.54) is 17.9 Å². The molecule has 140 valence electrons. The minimum Gasteiger partial charge on any atom is -0.442 e. The molecule has 1 aliphatic carbocycles. The lowest BCUT2D eigenvalue weighted by Crippen LogP contribution is -2.33. The zero-order valence-corrected chi connectivity index (χ0v) is 14.4. The second-order valence-corrected chi connectivity index (χ2v) is 6.71. The number of ether oxygens (including phenoxy) is 1. The molecule has 2 aliphatic rings. The Kier molecular flexibility index (Phi) is 5.22. The maximum absolute atomic E-state index is 14.6. The van der Waals surface area contributed by atoms with Gasteiger partial charge in [0.1, 0.15) is 18.0 Å². The fourth-order valence-electron chi connectivity index (χ4n) is 3.40. The number of cyclic esters (lactones) is 1. The molecule has 8 heteroatoms. The van der Waals surface area contributed by atoms with Crippen molar-refractivity contribution < 1.29 is 28.6 Å². The zero-order valence-electron chi connectivity index (χ0n) is 14.4. The lowest BCUT2D eigenvalue weighted by atomic mass is 9.81. The molecule has 1 saturated heterocycles. The van der Waals surface area contributed by atoms with E-state index in [9.17, 15) is 23.9 Å². The average Bonchev–Trinajstić information content (AvgIpc) is 2.96.